The fourth-order valence-corrected chi connectivity index (χ4v) is 1.63. The number of piperidine rings is 1. The number of hydrogen-bond acceptors (Lipinski definition) is 3. The number of amides is 1. The molecule has 1 amide bonds. The van der Waals surface area contributed by atoms with Gasteiger partial charge >= 0.3 is 6.09 Å². The molecular formula is C8H16N2O3. The van der Waals surface area contributed by atoms with Crippen molar-refractivity contribution in [2.24, 2.45) is 5.73 Å². The van der Waals surface area contributed by atoms with E-state index in [0.717, 1.165) is 0 Å². The van der Waals surface area contributed by atoms with Crippen molar-refractivity contribution in [1.82, 2.24) is 4.90 Å². The highest BCUT2D eigenvalue weighted by Crippen LogP contribution is 2.24. The maximum atomic E-state index is 10.5. The molecular weight excluding hydrogens is 172 g/mol. The first-order chi connectivity index (χ1) is 6.07. The molecule has 4 N–H and O–H groups in total. The zero-order valence-corrected chi connectivity index (χ0v) is 7.57. The number of hydrogen-bond donors (Lipinski definition) is 3. The smallest absolute Gasteiger partial charge is 0.407 e. The Kier molecular flexibility index (Phi) is 3.11. The zero-order chi connectivity index (χ0) is 9.90. The Bertz CT molecular complexity index is 188. The number of aliphatic hydroxyl groups is 1. The summed E-state index contributed by atoms with van der Waals surface area (Å²) in [4.78, 5) is 11.9. The van der Waals surface area contributed by atoms with E-state index in [1.54, 1.807) is 0 Å². The molecule has 0 unspecified atom stereocenters. The lowest BCUT2D eigenvalue weighted by Gasteiger charge is -2.36. The number of carbonyl (C=O) groups is 1. The van der Waals surface area contributed by atoms with Gasteiger partial charge in [-0.15, -0.1) is 0 Å². The molecule has 1 fully saturated rings. The summed E-state index contributed by atoms with van der Waals surface area (Å²) in [5.41, 5.74) is 4.61. The Balaban J connectivity index is 2.41. The van der Waals surface area contributed by atoms with E-state index >= 15 is 0 Å². The predicted molar refractivity (Wildman–Crippen MR) is 47.5 cm³/mol. The molecule has 0 aromatic heterocycles. The second-order valence-corrected chi connectivity index (χ2v) is 3.53. The van der Waals surface area contributed by atoms with Gasteiger partial charge in [-0.1, -0.05) is 0 Å². The average molecular weight is 188 g/mol. The van der Waals surface area contributed by atoms with Crippen molar-refractivity contribution in [3.05, 3.63) is 0 Å². The molecule has 1 aliphatic rings. The standard InChI is InChI=1S/C8H16N2O3/c9-4-1-8(13)2-5-10(6-3-8)7(11)12/h13H,1-6,9H2,(H,11,12). The van der Waals surface area contributed by atoms with E-state index in [1.807, 2.05) is 0 Å². The lowest BCUT2D eigenvalue weighted by Crippen LogP contribution is -2.47. The SMILES string of the molecule is NCCC1(O)CCN(C(=O)O)CC1. The van der Waals surface area contributed by atoms with E-state index in [-0.39, 0.29) is 0 Å². The van der Waals surface area contributed by atoms with Crippen LogP contribution in [0.3, 0.4) is 0 Å². The number of nitrogens with zero attached hydrogens (tertiary/aromatic N) is 1. The first-order valence-electron chi connectivity index (χ1n) is 4.48. The van der Waals surface area contributed by atoms with E-state index < -0.39 is 11.7 Å². The normalized spacial score (nSPS) is 21.5. The lowest BCUT2D eigenvalue weighted by molar-refractivity contribution is -0.0211. The third-order valence-corrected chi connectivity index (χ3v) is 2.57. The molecule has 5 heteroatoms. The summed E-state index contributed by atoms with van der Waals surface area (Å²) in [6.45, 7) is 1.27. The summed E-state index contributed by atoms with van der Waals surface area (Å²) in [5.74, 6) is 0. The third-order valence-electron chi connectivity index (χ3n) is 2.57. The van der Waals surface area contributed by atoms with Crippen LogP contribution in [0.15, 0.2) is 0 Å². The second kappa shape index (κ2) is 3.93. The highest BCUT2D eigenvalue weighted by molar-refractivity contribution is 5.65. The van der Waals surface area contributed by atoms with Crippen molar-refractivity contribution in [3.8, 4) is 0 Å². The number of carboxylic acid groups (broad SMARTS) is 1. The van der Waals surface area contributed by atoms with Gasteiger partial charge in [-0.25, -0.2) is 4.79 Å². The van der Waals surface area contributed by atoms with Crippen LogP contribution in [0.5, 0.6) is 0 Å². The molecule has 1 heterocycles. The van der Waals surface area contributed by atoms with Gasteiger partial charge in [0, 0.05) is 13.1 Å². The fourth-order valence-electron chi connectivity index (χ4n) is 1.63. The molecule has 1 rings (SSSR count). The molecule has 5 nitrogen and oxygen atoms in total. The van der Waals surface area contributed by atoms with Crippen LogP contribution in [0.25, 0.3) is 0 Å². The van der Waals surface area contributed by atoms with Crippen molar-refractivity contribution < 1.29 is 15.0 Å². The van der Waals surface area contributed by atoms with E-state index in [4.69, 9.17) is 10.8 Å². The van der Waals surface area contributed by atoms with E-state index in [9.17, 15) is 9.90 Å². The summed E-state index contributed by atoms with van der Waals surface area (Å²) in [7, 11) is 0. The molecule has 0 aromatic rings. The van der Waals surface area contributed by atoms with Crippen molar-refractivity contribution in [1.29, 1.82) is 0 Å². The van der Waals surface area contributed by atoms with Gasteiger partial charge in [0.05, 0.1) is 5.60 Å². The van der Waals surface area contributed by atoms with Crippen LogP contribution in [0.2, 0.25) is 0 Å². The Morgan fingerprint density at radius 1 is 1.46 bits per heavy atom. The molecule has 1 saturated heterocycles. The second-order valence-electron chi connectivity index (χ2n) is 3.53. The van der Waals surface area contributed by atoms with Crippen molar-refractivity contribution in [2.75, 3.05) is 19.6 Å². The Morgan fingerprint density at radius 3 is 2.38 bits per heavy atom. The third kappa shape index (κ3) is 2.57. The summed E-state index contributed by atoms with van der Waals surface area (Å²) in [5, 5.41) is 18.5. The average Bonchev–Trinajstić information content (AvgIpc) is 2.05. The summed E-state index contributed by atoms with van der Waals surface area (Å²) in [6.07, 6.45) is 0.641. The Labute approximate surface area is 77.1 Å². The number of rotatable bonds is 2. The van der Waals surface area contributed by atoms with Crippen molar-refractivity contribution in [3.63, 3.8) is 0 Å². The molecule has 13 heavy (non-hydrogen) atoms. The zero-order valence-electron chi connectivity index (χ0n) is 7.57. The van der Waals surface area contributed by atoms with Crippen LogP contribution in [-0.4, -0.2) is 46.4 Å². The van der Waals surface area contributed by atoms with Crippen LogP contribution in [-0.2, 0) is 0 Å². The monoisotopic (exact) mass is 188 g/mol. The number of nitrogens with two attached hydrogens (primary N) is 1. The summed E-state index contributed by atoms with van der Waals surface area (Å²) in [6, 6.07) is 0. The van der Waals surface area contributed by atoms with E-state index in [0.29, 0.717) is 38.9 Å². The highest BCUT2D eigenvalue weighted by Gasteiger charge is 2.32. The van der Waals surface area contributed by atoms with Crippen LogP contribution in [0.4, 0.5) is 4.79 Å². The highest BCUT2D eigenvalue weighted by atomic mass is 16.4. The van der Waals surface area contributed by atoms with Crippen molar-refractivity contribution >= 4 is 6.09 Å². The fraction of sp³-hybridized carbons (Fsp3) is 0.875. The maximum absolute atomic E-state index is 10.5. The molecule has 0 aromatic carbocycles. The minimum Gasteiger partial charge on any atom is -0.465 e. The predicted octanol–water partition coefficient (Wildman–Crippen LogP) is -0.160. The van der Waals surface area contributed by atoms with Gasteiger partial charge in [-0.2, -0.15) is 0 Å². The molecule has 0 radical (unpaired) electrons. The first kappa shape index (κ1) is 10.3. The topological polar surface area (TPSA) is 86.8 Å². The Morgan fingerprint density at radius 2 is 2.00 bits per heavy atom. The Hall–Kier alpha value is -0.810. The van der Waals surface area contributed by atoms with Crippen LogP contribution >= 0.6 is 0 Å². The van der Waals surface area contributed by atoms with Gasteiger partial charge < -0.3 is 20.8 Å². The molecule has 0 aliphatic carbocycles. The van der Waals surface area contributed by atoms with Crippen LogP contribution in [0, 0.1) is 0 Å². The van der Waals surface area contributed by atoms with Gasteiger partial charge in [0.15, 0.2) is 0 Å². The van der Waals surface area contributed by atoms with Gasteiger partial charge in [-0.05, 0) is 25.8 Å². The molecule has 76 valence electrons. The minimum atomic E-state index is -0.908. The quantitative estimate of drug-likeness (QED) is 0.562. The first-order valence-corrected chi connectivity index (χ1v) is 4.48. The summed E-state index contributed by atoms with van der Waals surface area (Å²) >= 11 is 0. The van der Waals surface area contributed by atoms with Crippen LogP contribution < -0.4 is 5.73 Å². The van der Waals surface area contributed by atoms with Crippen LogP contribution in [0.1, 0.15) is 19.3 Å². The van der Waals surface area contributed by atoms with Gasteiger partial charge in [0.2, 0.25) is 0 Å². The van der Waals surface area contributed by atoms with Gasteiger partial charge in [-0.3, -0.25) is 0 Å². The molecule has 1 aliphatic heterocycles. The summed E-state index contributed by atoms with van der Waals surface area (Å²) < 4.78 is 0. The lowest BCUT2D eigenvalue weighted by atomic mass is 9.88. The molecule has 0 saturated carbocycles. The van der Waals surface area contributed by atoms with E-state index in [2.05, 4.69) is 0 Å². The maximum Gasteiger partial charge on any atom is 0.407 e. The molecule has 0 atom stereocenters. The van der Waals surface area contributed by atoms with E-state index in [1.165, 1.54) is 4.90 Å². The minimum absolute atomic E-state index is 0.409. The number of likely N-dealkylation sites (tertiary alicyclic amines) is 1. The van der Waals surface area contributed by atoms with Gasteiger partial charge in [0.25, 0.3) is 0 Å². The van der Waals surface area contributed by atoms with Crippen molar-refractivity contribution in [2.45, 2.75) is 24.9 Å². The molecule has 0 spiro atoms. The molecule has 0 bridgehead atoms. The largest absolute Gasteiger partial charge is 0.465 e. The van der Waals surface area contributed by atoms with Gasteiger partial charge in [0.1, 0.15) is 0 Å².